The summed E-state index contributed by atoms with van der Waals surface area (Å²) in [4.78, 5) is 41.9. The first-order chi connectivity index (χ1) is 15.5. The number of benzene rings is 2. The molecule has 4 amide bonds. The summed E-state index contributed by atoms with van der Waals surface area (Å²) in [6, 6.07) is 18.3. The maximum Gasteiger partial charge on any atom is 0.321 e. The van der Waals surface area contributed by atoms with Crippen LogP contribution < -0.4 is 16.0 Å². The molecule has 1 unspecified atom stereocenters. The molecule has 1 aliphatic carbocycles. The number of carbonyl (C=O) groups excluding carboxylic acids is 3. The number of hydrogen-bond donors (Lipinski definition) is 3. The number of rotatable bonds is 7. The molecular weight excluding hydrogens is 424 g/mol. The fourth-order valence-corrected chi connectivity index (χ4v) is 4.03. The number of nitrogens with zero attached hydrogens (tertiary/aromatic N) is 1. The molecule has 0 saturated heterocycles. The van der Waals surface area contributed by atoms with E-state index < -0.39 is 17.2 Å². The average molecular weight is 449 g/mol. The van der Waals surface area contributed by atoms with Gasteiger partial charge in [0.25, 0.3) is 5.91 Å². The van der Waals surface area contributed by atoms with Crippen LogP contribution in [0.15, 0.2) is 65.7 Å². The number of thioether (sulfide) groups is 1. The molecule has 4 rings (SSSR count). The molecule has 1 fully saturated rings. The molecule has 7 nitrogen and oxygen atoms in total. The quantitative estimate of drug-likeness (QED) is 0.479. The molecule has 8 heteroatoms. The van der Waals surface area contributed by atoms with E-state index in [4.69, 9.17) is 0 Å². The van der Waals surface area contributed by atoms with Crippen LogP contribution in [0.4, 0.5) is 4.79 Å². The van der Waals surface area contributed by atoms with Gasteiger partial charge in [-0.1, -0.05) is 60.3 Å². The molecule has 1 heterocycles. The second-order valence-electron chi connectivity index (χ2n) is 7.69. The third kappa shape index (κ3) is 5.64. The van der Waals surface area contributed by atoms with Crippen LogP contribution in [0, 0.1) is 0 Å². The van der Waals surface area contributed by atoms with E-state index in [9.17, 15) is 14.4 Å². The summed E-state index contributed by atoms with van der Waals surface area (Å²) >= 11 is 1.21. The Morgan fingerprint density at radius 3 is 2.53 bits per heavy atom. The van der Waals surface area contributed by atoms with E-state index in [-0.39, 0.29) is 11.9 Å². The van der Waals surface area contributed by atoms with Gasteiger partial charge in [-0.15, -0.1) is 0 Å². The number of urea groups is 1. The van der Waals surface area contributed by atoms with Gasteiger partial charge in [-0.05, 0) is 37.5 Å². The van der Waals surface area contributed by atoms with Gasteiger partial charge in [-0.3, -0.25) is 14.9 Å². The monoisotopic (exact) mass is 448 g/mol. The average Bonchev–Trinajstić information content (AvgIpc) is 3.61. The Kier molecular flexibility index (Phi) is 6.70. The van der Waals surface area contributed by atoms with Crippen LogP contribution in [0.3, 0.4) is 0 Å². The van der Waals surface area contributed by atoms with E-state index >= 15 is 0 Å². The van der Waals surface area contributed by atoms with Crippen molar-refractivity contribution in [1.29, 1.82) is 0 Å². The highest BCUT2D eigenvalue weighted by Gasteiger charge is 2.25. The maximum absolute atomic E-state index is 12.7. The normalized spacial score (nSPS) is 13.9. The van der Waals surface area contributed by atoms with Crippen LogP contribution in [0.2, 0.25) is 0 Å². The first-order valence-electron chi connectivity index (χ1n) is 10.5. The molecule has 32 heavy (non-hydrogen) atoms. The zero-order valence-corrected chi connectivity index (χ0v) is 18.4. The van der Waals surface area contributed by atoms with Crippen molar-refractivity contribution in [2.75, 3.05) is 0 Å². The molecule has 164 valence electrons. The van der Waals surface area contributed by atoms with Crippen molar-refractivity contribution in [2.45, 2.75) is 42.6 Å². The van der Waals surface area contributed by atoms with Gasteiger partial charge in [0.1, 0.15) is 0 Å². The molecule has 3 N–H and O–H groups in total. The third-order valence-corrected chi connectivity index (χ3v) is 6.07. The minimum Gasteiger partial charge on any atom is -0.349 e. The minimum absolute atomic E-state index is 0.134. The number of aromatic nitrogens is 1. The van der Waals surface area contributed by atoms with Crippen LogP contribution in [-0.4, -0.2) is 34.1 Å². The Morgan fingerprint density at radius 2 is 1.78 bits per heavy atom. The summed E-state index contributed by atoms with van der Waals surface area (Å²) in [6.45, 7) is 2.03. The Morgan fingerprint density at radius 1 is 1.06 bits per heavy atom. The fraction of sp³-hybridized carbons (Fsp3) is 0.250. The first kappa shape index (κ1) is 21.8. The van der Waals surface area contributed by atoms with Crippen molar-refractivity contribution in [1.82, 2.24) is 20.9 Å². The summed E-state index contributed by atoms with van der Waals surface area (Å²) in [7, 11) is 0. The van der Waals surface area contributed by atoms with Crippen LogP contribution in [0.5, 0.6) is 0 Å². The SMILES string of the molecule is CC(Sc1cc(C(=O)NC2CC2)c2ccccc2n1)C(=O)NC(=O)NCc1ccccc1. The molecule has 0 radical (unpaired) electrons. The van der Waals surface area contributed by atoms with Gasteiger partial charge >= 0.3 is 6.03 Å². The molecule has 0 spiro atoms. The first-order valence-corrected chi connectivity index (χ1v) is 11.4. The van der Waals surface area contributed by atoms with Crippen molar-refractivity contribution >= 4 is 40.5 Å². The molecule has 1 aromatic heterocycles. The van der Waals surface area contributed by atoms with Crippen molar-refractivity contribution in [3.05, 3.63) is 71.8 Å². The van der Waals surface area contributed by atoms with Gasteiger partial charge in [-0.2, -0.15) is 0 Å². The lowest BCUT2D eigenvalue weighted by Gasteiger charge is -2.13. The number of fused-ring (bicyclic) bond motifs is 1. The van der Waals surface area contributed by atoms with Crippen molar-refractivity contribution < 1.29 is 14.4 Å². The Bertz CT molecular complexity index is 1150. The topological polar surface area (TPSA) is 100 Å². The van der Waals surface area contributed by atoms with Gasteiger partial charge in [-0.25, -0.2) is 9.78 Å². The van der Waals surface area contributed by atoms with Crippen molar-refractivity contribution in [3.8, 4) is 0 Å². The van der Waals surface area contributed by atoms with E-state index in [0.717, 1.165) is 23.8 Å². The van der Waals surface area contributed by atoms with Gasteiger partial charge in [0.15, 0.2) is 0 Å². The van der Waals surface area contributed by atoms with Crippen molar-refractivity contribution in [2.24, 2.45) is 0 Å². The highest BCUT2D eigenvalue weighted by Crippen LogP contribution is 2.28. The molecular formula is C24H24N4O3S. The fourth-order valence-electron chi connectivity index (χ4n) is 3.16. The number of nitrogens with one attached hydrogen (secondary N) is 3. The standard InChI is InChI=1S/C24H24N4O3S/c1-15(22(29)28-24(31)25-14-16-7-3-2-4-8-16)32-21-13-19(23(30)26-17-11-12-17)18-9-5-6-10-20(18)27-21/h2-10,13,15,17H,11-12,14H2,1H3,(H,26,30)(H2,25,28,29,31). The molecule has 2 aromatic carbocycles. The number of hydrogen-bond acceptors (Lipinski definition) is 5. The number of para-hydroxylation sites is 1. The lowest BCUT2D eigenvalue weighted by atomic mass is 10.1. The summed E-state index contributed by atoms with van der Waals surface area (Å²) < 4.78 is 0. The van der Waals surface area contributed by atoms with Gasteiger partial charge < -0.3 is 10.6 Å². The van der Waals surface area contributed by atoms with Crippen LogP contribution >= 0.6 is 11.8 Å². The minimum atomic E-state index is -0.578. The highest BCUT2D eigenvalue weighted by atomic mass is 32.2. The molecule has 1 aliphatic rings. The van der Waals surface area contributed by atoms with E-state index in [0.29, 0.717) is 22.7 Å². The van der Waals surface area contributed by atoms with Gasteiger partial charge in [0, 0.05) is 18.0 Å². The summed E-state index contributed by atoms with van der Waals surface area (Å²) in [6.07, 6.45) is 2.00. The van der Waals surface area contributed by atoms with Crippen LogP contribution in [0.25, 0.3) is 10.9 Å². The number of imide groups is 1. The Hall–Kier alpha value is -3.39. The van der Waals surface area contributed by atoms with Gasteiger partial charge in [0.2, 0.25) is 5.91 Å². The van der Waals surface area contributed by atoms with Crippen molar-refractivity contribution in [3.63, 3.8) is 0 Å². The van der Waals surface area contributed by atoms with E-state index in [1.165, 1.54) is 11.8 Å². The number of pyridine rings is 1. The zero-order chi connectivity index (χ0) is 22.5. The zero-order valence-electron chi connectivity index (χ0n) is 17.6. The number of amides is 4. The maximum atomic E-state index is 12.7. The Balaban J connectivity index is 1.41. The van der Waals surface area contributed by atoms with E-state index in [1.54, 1.807) is 13.0 Å². The largest absolute Gasteiger partial charge is 0.349 e. The summed E-state index contributed by atoms with van der Waals surface area (Å²) in [5.74, 6) is -0.565. The second-order valence-corrected chi connectivity index (χ2v) is 9.05. The van der Waals surface area contributed by atoms with Gasteiger partial charge in [0.05, 0.1) is 21.4 Å². The molecule has 0 aliphatic heterocycles. The Labute approximate surface area is 190 Å². The lowest BCUT2D eigenvalue weighted by molar-refractivity contribution is -0.119. The second kappa shape index (κ2) is 9.82. The predicted molar refractivity (Wildman–Crippen MR) is 124 cm³/mol. The molecule has 1 saturated carbocycles. The van der Waals surface area contributed by atoms with Crippen LogP contribution in [0.1, 0.15) is 35.7 Å². The molecule has 1 atom stereocenters. The summed E-state index contributed by atoms with van der Waals surface area (Å²) in [5, 5.41) is 8.79. The molecule has 3 aromatic rings. The van der Waals surface area contributed by atoms with E-state index in [2.05, 4.69) is 20.9 Å². The summed E-state index contributed by atoms with van der Waals surface area (Å²) in [5.41, 5.74) is 2.17. The smallest absolute Gasteiger partial charge is 0.321 e. The lowest BCUT2D eigenvalue weighted by Crippen LogP contribution is -2.42. The number of carbonyl (C=O) groups is 3. The van der Waals surface area contributed by atoms with Crippen LogP contribution in [-0.2, 0) is 11.3 Å². The van der Waals surface area contributed by atoms with E-state index in [1.807, 2.05) is 54.6 Å². The third-order valence-electron chi connectivity index (χ3n) is 5.05. The molecule has 0 bridgehead atoms. The highest BCUT2D eigenvalue weighted by molar-refractivity contribution is 8.00. The predicted octanol–water partition coefficient (Wildman–Crippen LogP) is 3.63.